The summed E-state index contributed by atoms with van der Waals surface area (Å²) in [5, 5.41) is 14.3. The van der Waals surface area contributed by atoms with Crippen LogP contribution >= 0.6 is 0 Å². The highest BCUT2D eigenvalue weighted by Gasteiger charge is 2.37. The van der Waals surface area contributed by atoms with Crippen LogP contribution in [0.25, 0.3) is 28.2 Å². The number of rotatable bonds is 8. The monoisotopic (exact) mass is 561 g/mol. The first-order valence-electron chi connectivity index (χ1n) is 13.7. The van der Waals surface area contributed by atoms with Crippen molar-refractivity contribution >= 4 is 28.6 Å². The summed E-state index contributed by atoms with van der Waals surface area (Å²) < 4.78 is 52.8. The molecule has 210 valence electrons. The van der Waals surface area contributed by atoms with E-state index in [-0.39, 0.29) is 34.9 Å². The first-order valence-corrected chi connectivity index (χ1v) is 13.7. The number of anilines is 1. The van der Waals surface area contributed by atoms with E-state index in [0.29, 0.717) is 22.6 Å². The Morgan fingerprint density at radius 3 is 2.56 bits per heavy atom. The minimum atomic E-state index is -4.50. The lowest BCUT2D eigenvalue weighted by atomic mass is 9.95. The van der Waals surface area contributed by atoms with Gasteiger partial charge in [-0.25, -0.2) is 9.78 Å². The highest BCUT2D eigenvalue weighted by atomic mass is 19.4. The largest absolute Gasteiger partial charge is 0.490 e. The maximum Gasteiger partial charge on any atom is 0.417 e. The Morgan fingerprint density at radius 1 is 1.07 bits per heavy atom. The number of carboxylic acid groups (broad SMARTS) is 1. The topological polar surface area (TPSA) is 88.7 Å². The molecular formula is C31H26F3N3O4. The molecule has 10 heteroatoms. The zero-order valence-electron chi connectivity index (χ0n) is 21.9. The summed E-state index contributed by atoms with van der Waals surface area (Å²) in [4.78, 5) is 18.0. The molecule has 1 saturated heterocycles. The average molecular weight is 562 g/mol. The van der Waals surface area contributed by atoms with Crippen LogP contribution < -0.4 is 9.64 Å². The van der Waals surface area contributed by atoms with Crippen LogP contribution in [0.2, 0.25) is 0 Å². The van der Waals surface area contributed by atoms with Gasteiger partial charge in [0.05, 0.1) is 17.2 Å². The summed E-state index contributed by atoms with van der Waals surface area (Å²) in [5.41, 5.74) is 1.61. The van der Waals surface area contributed by atoms with E-state index in [4.69, 9.17) is 9.26 Å². The Hall–Kier alpha value is -4.34. The van der Waals surface area contributed by atoms with Gasteiger partial charge in [0.15, 0.2) is 5.69 Å². The number of hydrogen-bond acceptors (Lipinski definition) is 6. The number of aromatic nitrogens is 2. The maximum atomic E-state index is 13.7. The fraction of sp³-hybridized carbons (Fsp3) is 0.323. The molecule has 2 aromatic carbocycles. The van der Waals surface area contributed by atoms with Crippen molar-refractivity contribution in [1.29, 1.82) is 0 Å². The molecule has 1 aliphatic heterocycles. The lowest BCUT2D eigenvalue weighted by molar-refractivity contribution is -0.137. The third kappa shape index (κ3) is 5.03. The van der Waals surface area contributed by atoms with Gasteiger partial charge in [0.1, 0.15) is 17.2 Å². The highest BCUT2D eigenvalue weighted by Crippen LogP contribution is 2.46. The molecule has 0 bridgehead atoms. The first-order chi connectivity index (χ1) is 19.7. The molecule has 41 heavy (non-hydrogen) atoms. The van der Waals surface area contributed by atoms with Gasteiger partial charge in [0.2, 0.25) is 0 Å². The van der Waals surface area contributed by atoms with E-state index < -0.39 is 17.7 Å². The van der Waals surface area contributed by atoms with Crippen LogP contribution in [0.15, 0.2) is 59.1 Å². The van der Waals surface area contributed by atoms with Gasteiger partial charge >= 0.3 is 12.1 Å². The van der Waals surface area contributed by atoms with Gasteiger partial charge in [-0.15, -0.1) is 0 Å². The van der Waals surface area contributed by atoms with Crippen molar-refractivity contribution in [3.63, 3.8) is 0 Å². The zero-order valence-corrected chi connectivity index (χ0v) is 21.9. The number of benzene rings is 2. The van der Waals surface area contributed by atoms with E-state index >= 15 is 0 Å². The standard InChI is InChI=1S/C31H26F3N3O4/c32-31(33,34)24-4-2-1-3-21(24)28-22(29(41-36-28)18-6-7-18)11-5-17-15-37(16-17)19-8-12-25-23(13-19)27(40-20-9-10-20)14-26(35-25)30(38)39/h1-5,8,11-14,17-18,20H,6-7,9-10,15-16H2,(H,38,39)/b11-5+. The maximum absolute atomic E-state index is 13.7. The summed E-state index contributed by atoms with van der Waals surface area (Å²) in [7, 11) is 0. The van der Waals surface area contributed by atoms with Crippen molar-refractivity contribution in [1.82, 2.24) is 10.1 Å². The molecule has 0 spiro atoms. The summed E-state index contributed by atoms with van der Waals surface area (Å²) in [5.74, 6) is 0.451. The fourth-order valence-corrected chi connectivity index (χ4v) is 5.27. The van der Waals surface area contributed by atoms with E-state index in [1.54, 1.807) is 6.07 Å². The quantitative estimate of drug-likeness (QED) is 0.244. The Kier molecular flexibility index (Phi) is 6.02. The number of carbonyl (C=O) groups is 1. The molecule has 2 aliphatic carbocycles. The number of nitrogens with zero attached hydrogens (tertiary/aromatic N) is 3. The molecular weight excluding hydrogens is 535 g/mol. The van der Waals surface area contributed by atoms with Crippen LogP contribution in [-0.2, 0) is 6.18 Å². The van der Waals surface area contributed by atoms with E-state index in [1.807, 2.05) is 30.4 Å². The Balaban J connectivity index is 1.13. The van der Waals surface area contributed by atoms with Crippen molar-refractivity contribution in [2.45, 2.75) is 43.9 Å². The number of pyridine rings is 1. The van der Waals surface area contributed by atoms with Crippen molar-refractivity contribution in [2.24, 2.45) is 5.92 Å². The normalized spacial score (nSPS) is 17.8. The van der Waals surface area contributed by atoms with Crippen LogP contribution in [0, 0.1) is 5.92 Å². The number of ether oxygens (including phenoxy) is 1. The molecule has 2 aromatic heterocycles. The third-order valence-corrected chi connectivity index (χ3v) is 7.79. The number of fused-ring (bicyclic) bond motifs is 1. The molecule has 1 N–H and O–H groups in total. The number of alkyl halides is 3. The van der Waals surface area contributed by atoms with Crippen LogP contribution in [0.5, 0.6) is 5.75 Å². The van der Waals surface area contributed by atoms with Crippen LogP contribution in [0.1, 0.15) is 59.0 Å². The molecule has 3 fully saturated rings. The number of carboxylic acids is 1. The van der Waals surface area contributed by atoms with Gasteiger partial charge in [0.25, 0.3) is 0 Å². The molecule has 0 amide bonds. The number of aromatic carboxylic acids is 1. The van der Waals surface area contributed by atoms with E-state index in [0.717, 1.165) is 55.9 Å². The smallest absolute Gasteiger partial charge is 0.417 e. The molecule has 0 atom stereocenters. The van der Waals surface area contributed by atoms with Gasteiger partial charge in [-0.3, -0.25) is 0 Å². The third-order valence-electron chi connectivity index (χ3n) is 7.79. The van der Waals surface area contributed by atoms with Gasteiger partial charge < -0.3 is 19.3 Å². The molecule has 4 aromatic rings. The van der Waals surface area contributed by atoms with E-state index in [9.17, 15) is 23.1 Å². The van der Waals surface area contributed by atoms with Crippen LogP contribution in [0.3, 0.4) is 0 Å². The molecule has 2 saturated carbocycles. The minimum absolute atomic E-state index is 0.0191. The predicted octanol–water partition coefficient (Wildman–Crippen LogP) is 7.18. The zero-order chi connectivity index (χ0) is 28.3. The van der Waals surface area contributed by atoms with Gasteiger partial charge in [-0.1, -0.05) is 35.5 Å². The number of halogens is 3. The molecule has 3 aliphatic rings. The van der Waals surface area contributed by atoms with Crippen LogP contribution in [-0.4, -0.2) is 40.4 Å². The second-order valence-corrected chi connectivity index (χ2v) is 11.0. The van der Waals surface area contributed by atoms with Crippen molar-refractivity contribution in [3.05, 3.63) is 77.2 Å². The number of hydrogen-bond donors (Lipinski definition) is 1. The van der Waals surface area contributed by atoms with Gasteiger partial charge in [-0.2, -0.15) is 13.2 Å². The Labute approximate surface area is 233 Å². The van der Waals surface area contributed by atoms with Gasteiger partial charge in [-0.05, 0) is 49.9 Å². The van der Waals surface area contributed by atoms with Crippen molar-refractivity contribution < 1.29 is 32.3 Å². The van der Waals surface area contributed by atoms with Crippen molar-refractivity contribution in [3.8, 4) is 17.0 Å². The average Bonchev–Trinajstić information content (AvgIpc) is 3.86. The molecule has 0 unspecified atom stereocenters. The first kappa shape index (κ1) is 25.6. The Morgan fingerprint density at radius 2 is 1.85 bits per heavy atom. The lowest BCUT2D eigenvalue weighted by Crippen LogP contribution is -2.45. The lowest BCUT2D eigenvalue weighted by Gasteiger charge is -2.39. The molecule has 0 radical (unpaired) electrons. The predicted molar refractivity (Wildman–Crippen MR) is 146 cm³/mol. The van der Waals surface area contributed by atoms with E-state index in [1.165, 1.54) is 18.2 Å². The van der Waals surface area contributed by atoms with Crippen LogP contribution in [0.4, 0.5) is 18.9 Å². The molecule has 7 nitrogen and oxygen atoms in total. The summed E-state index contributed by atoms with van der Waals surface area (Å²) in [6, 6.07) is 12.7. The van der Waals surface area contributed by atoms with Gasteiger partial charge in [0, 0.05) is 53.2 Å². The molecule has 3 heterocycles. The summed E-state index contributed by atoms with van der Waals surface area (Å²) in [6.45, 7) is 1.44. The second-order valence-electron chi connectivity index (χ2n) is 11.0. The molecule has 7 rings (SSSR count). The fourth-order valence-electron chi connectivity index (χ4n) is 5.27. The summed E-state index contributed by atoms with van der Waals surface area (Å²) >= 11 is 0. The SMILES string of the molecule is O=C(O)c1cc(OC2CC2)c2cc(N3CC(/C=C/c4c(-c5ccccc5C(F)(F)F)noc4C4CC4)C3)ccc2n1. The van der Waals surface area contributed by atoms with E-state index in [2.05, 4.69) is 15.0 Å². The van der Waals surface area contributed by atoms with Crippen molar-refractivity contribution in [2.75, 3.05) is 18.0 Å². The second kappa shape index (κ2) is 9.64. The Bertz CT molecular complexity index is 1680. The highest BCUT2D eigenvalue weighted by molar-refractivity contribution is 5.94. The summed E-state index contributed by atoms with van der Waals surface area (Å²) in [6.07, 6.45) is 3.27. The minimum Gasteiger partial charge on any atom is -0.490 e.